The van der Waals surface area contributed by atoms with E-state index in [1.807, 2.05) is 6.20 Å². The van der Waals surface area contributed by atoms with Crippen molar-refractivity contribution >= 4 is 16.5 Å². The molecule has 1 fully saturated rings. The minimum absolute atomic E-state index is 0.647. The molecule has 0 bridgehead atoms. The predicted octanol–water partition coefficient (Wildman–Crippen LogP) is 0.955. The summed E-state index contributed by atoms with van der Waals surface area (Å²) >= 11 is 1.63. The average Bonchev–Trinajstić information content (AvgIpc) is 2.77. The van der Waals surface area contributed by atoms with Gasteiger partial charge >= 0.3 is 0 Å². The molecule has 0 aliphatic carbocycles. The van der Waals surface area contributed by atoms with Crippen molar-refractivity contribution in [3.8, 4) is 0 Å². The largest absolute Gasteiger partial charge is 0.300 e. The van der Waals surface area contributed by atoms with Gasteiger partial charge in [0.25, 0.3) is 0 Å². The Morgan fingerprint density at radius 2 is 2.41 bits per heavy atom. The number of nitrogens with one attached hydrogen (secondary N) is 1. The van der Waals surface area contributed by atoms with Crippen LogP contribution in [0.4, 0.5) is 5.13 Å². The molecule has 1 aromatic rings. The third kappa shape index (κ3) is 3.16. The molecule has 1 aromatic heterocycles. The second-order valence-electron chi connectivity index (χ2n) is 4.49. The monoisotopic (exact) mass is 255 g/mol. The first-order valence-corrected chi connectivity index (χ1v) is 6.92. The number of anilines is 1. The number of aromatic nitrogens is 1. The van der Waals surface area contributed by atoms with Gasteiger partial charge in [-0.1, -0.05) is 18.3 Å². The normalized spacial score (nSPS) is 22.9. The van der Waals surface area contributed by atoms with Crippen LogP contribution in [0.2, 0.25) is 0 Å². The summed E-state index contributed by atoms with van der Waals surface area (Å²) in [4.78, 5) is 10.5. The molecule has 96 valence electrons. The van der Waals surface area contributed by atoms with E-state index < -0.39 is 0 Å². The van der Waals surface area contributed by atoms with Crippen molar-refractivity contribution in [2.45, 2.75) is 26.4 Å². The van der Waals surface area contributed by atoms with Crippen LogP contribution in [-0.2, 0) is 6.54 Å². The number of nitrogen functional groups attached to an aromatic ring is 1. The first kappa shape index (κ1) is 12.8. The molecule has 6 heteroatoms. The summed E-state index contributed by atoms with van der Waals surface area (Å²) in [5.41, 5.74) is 2.59. The number of nitrogens with two attached hydrogens (primary N) is 1. The Kier molecular flexibility index (Phi) is 4.33. The molecule has 1 atom stereocenters. The van der Waals surface area contributed by atoms with Gasteiger partial charge in [0, 0.05) is 43.3 Å². The topological polar surface area (TPSA) is 57.4 Å². The maximum atomic E-state index is 5.33. The summed E-state index contributed by atoms with van der Waals surface area (Å²) in [6, 6.07) is 0.647. The summed E-state index contributed by atoms with van der Waals surface area (Å²) in [7, 11) is 0. The van der Waals surface area contributed by atoms with E-state index in [-0.39, 0.29) is 0 Å². The van der Waals surface area contributed by atoms with Crippen LogP contribution in [0.15, 0.2) is 6.20 Å². The van der Waals surface area contributed by atoms with Crippen molar-refractivity contribution in [1.29, 1.82) is 0 Å². The fourth-order valence-electron chi connectivity index (χ4n) is 2.35. The summed E-state index contributed by atoms with van der Waals surface area (Å²) < 4.78 is 0. The number of thiazole rings is 1. The highest BCUT2D eigenvalue weighted by atomic mass is 32.1. The molecule has 0 saturated carbocycles. The first-order chi connectivity index (χ1) is 8.22. The zero-order valence-electron chi connectivity index (χ0n) is 10.5. The third-order valence-corrected chi connectivity index (χ3v) is 4.23. The van der Waals surface area contributed by atoms with E-state index in [1.54, 1.807) is 11.3 Å². The van der Waals surface area contributed by atoms with Crippen molar-refractivity contribution in [2.75, 3.05) is 31.6 Å². The van der Waals surface area contributed by atoms with Crippen LogP contribution < -0.4 is 11.3 Å². The summed E-state index contributed by atoms with van der Waals surface area (Å²) in [5, 5.41) is 0.792. The van der Waals surface area contributed by atoms with Crippen LogP contribution >= 0.6 is 11.3 Å². The first-order valence-electron chi connectivity index (χ1n) is 6.10. The van der Waals surface area contributed by atoms with E-state index in [4.69, 9.17) is 5.84 Å². The maximum Gasteiger partial charge on any atom is 0.197 e. The molecular formula is C11H21N5S. The van der Waals surface area contributed by atoms with E-state index in [0.29, 0.717) is 6.04 Å². The number of hydrazine groups is 1. The van der Waals surface area contributed by atoms with Gasteiger partial charge in [-0.3, -0.25) is 15.2 Å². The van der Waals surface area contributed by atoms with Crippen molar-refractivity contribution in [1.82, 2.24) is 14.8 Å². The Hall–Kier alpha value is -0.690. The van der Waals surface area contributed by atoms with Crippen LogP contribution in [0, 0.1) is 0 Å². The number of hydrogen-bond acceptors (Lipinski definition) is 6. The molecule has 17 heavy (non-hydrogen) atoms. The molecule has 2 heterocycles. The van der Waals surface area contributed by atoms with Crippen LogP contribution in [0.25, 0.3) is 0 Å². The quantitative estimate of drug-likeness (QED) is 0.620. The lowest BCUT2D eigenvalue weighted by molar-refractivity contribution is 0.0840. The van der Waals surface area contributed by atoms with E-state index in [9.17, 15) is 0 Å². The minimum Gasteiger partial charge on any atom is -0.300 e. The van der Waals surface area contributed by atoms with Gasteiger partial charge in [-0.25, -0.2) is 10.8 Å². The molecule has 1 saturated heterocycles. The molecule has 0 aromatic carbocycles. The van der Waals surface area contributed by atoms with Gasteiger partial charge in [0.1, 0.15) is 0 Å². The van der Waals surface area contributed by atoms with E-state index in [2.05, 4.69) is 34.1 Å². The lowest BCUT2D eigenvalue weighted by atomic mass is 10.2. The lowest BCUT2D eigenvalue weighted by Gasteiger charge is -2.39. The smallest absolute Gasteiger partial charge is 0.197 e. The Balaban J connectivity index is 1.88. The number of hydrogen-bond donors (Lipinski definition) is 2. The van der Waals surface area contributed by atoms with Gasteiger partial charge in [0.15, 0.2) is 5.13 Å². The van der Waals surface area contributed by atoms with Crippen molar-refractivity contribution < 1.29 is 0 Å². The highest BCUT2D eigenvalue weighted by Gasteiger charge is 2.22. The van der Waals surface area contributed by atoms with E-state index in [1.165, 1.54) is 11.4 Å². The van der Waals surface area contributed by atoms with Crippen LogP contribution in [0.1, 0.15) is 18.7 Å². The molecule has 1 aliphatic rings. The van der Waals surface area contributed by atoms with Gasteiger partial charge < -0.3 is 0 Å². The Morgan fingerprint density at radius 3 is 3.00 bits per heavy atom. The molecular weight excluding hydrogens is 234 g/mol. The second-order valence-corrected chi connectivity index (χ2v) is 5.60. The fourth-order valence-corrected chi connectivity index (χ4v) is 3.12. The summed E-state index contributed by atoms with van der Waals surface area (Å²) in [5.74, 6) is 5.33. The molecule has 5 nitrogen and oxygen atoms in total. The number of piperazine rings is 1. The highest BCUT2D eigenvalue weighted by molar-refractivity contribution is 7.15. The van der Waals surface area contributed by atoms with E-state index in [0.717, 1.165) is 31.3 Å². The molecule has 1 unspecified atom stereocenters. The highest BCUT2D eigenvalue weighted by Crippen LogP contribution is 2.20. The van der Waals surface area contributed by atoms with Crippen LogP contribution in [0.3, 0.4) is 0 Å². The maximum absolute atomic E-state index is 5.33. The van der Waals surface area contributed by atoms with Crippen LogP contribution in [-0.4, -0.2) is 47.0 Å². The van der Waals surface area contributed by atoms with E-state index >= 15 is 0 Å². The van der Waals surface area contributed by atoms with Gasteiger partial charge in [-0.2, -0.15) is 0 Å². The molecule has 0 spiro atoms. The Bertz CT molecular complexity index is 353. The van der Waals surface area contributed by atoms with Gasteiger partial charge in [-0.05, 0) is 13.5 Å². The van der Waals surface area contributed by atoms with Crippen LogP contribution in [0.5, 0.6) is 0 Å². The van der Waals surface area contributed by atoms with Gasteiger partial charge in [0.05, 0.1) is 0 Å². The summed E-state index contributed by atoms with van der Waals surface area (Å²) in [6.07, 6.45) is 1.91. The predicted molar refractivity (Wildman–Crippen MR) is 71.9 cm³/mol. The Labute approximate surface area is 107 Å². The lowest BCUT2D eigenvalue weighted by Crippen LogP contribution is -2.51. The molecule has 1 aliphatic heterocycles. The van der Waals surface area contributed by atoms with Gasteiger partial charge in [0.2, 0.25) is 0 Å². The zero-order valence-corrected chi connectivity index (χ0v) is 11.3. The van der Waals surface area contributed by atoms with Crippen molar-refractivity contribution in [2.24, 2.45) is 5.84 Å². The minimum atomic E-state index is 0.647. The molecule has 2 rings (SSSR count). The van der Waals surface area contributed by atoms with Crippen molar-refractivity contribution in [3.05, 3.63) is 11.1 Å². The average molecular weight is 255 g/mol. The SMILES string of the molecule is CCN1CCN(Cc2cnc(NN)s2)CC1C. The molecule has 0 amide bonds. The molecule has 3 N–H and O–H groups in total. The molecule has 0 radical (unpaired) electrons. The number of likely N-dealkylation sites (N-methyl/N-ethyl adjacent to an activating group) is 1. The number of nitrogens with zero attached hydrogens (tertiary/aromatic N) is 3. The van der Waals surface area contributed by atoms with Gasteiger partial charge in [-0.15, -0.1) is 0 Å². The third-order valence-electron chi connectivity index (χ3n) is 3.31. The fraction of sp³-hybridized carbons (Fsp3) is 0.727. The summed E-state index contributed by atoms with van der Waals surface area (Å²) in [6.45, 7) is 10.1. The number of rotatable bonds is 4. The Morgan fingerprint density at radius 1 is 1.59 bits per heavy atom. The second kappa shape index (κ2) is 5.77. The zero-order chi connectivity index (χ0) is 12.3. The standard InChI is InChI=1S/C11H21N5S/c1-3-16-5-4-15(7-9(16)2)8-10-6-13-11(14-12)17-10/h6,9H,3-5,7-8,12H2,1-2H3,(H,13,14). The van der Waals surface area contributed by atoms with Crippen molar-refractivity contribution in [3.63, 3.8) is 0 Å².